The summed E-state index contributed by atoms with van der Waals surface area (Å²) >= 11 is 5.85. The summed E-state index contributed by atoms with van der Waals surface area (Å²) in [6, 6.07) is 2.10. The summed E-state index contributed by atoms with van der Waals surface area (Å²) in [6.45, 7) is 3.77. The molecule has 1 aliphatic heterocycles. The second-order valence-corrected chi connectivity index (χ2v) is 3.16. The van der Waals surface area contributed by atoms with Crippen molar-refractivity contribution in [3.05, 3.63) is 28.0 Å². The van der Waals surface area contributed by atoms with Gasteiger partial charge in [-0.1, -0.05) is 11.6 Å². The van der Waals surface area contributed by atoms with Gasteiger partial charge in [-0.3, -0.25) is 0 Å². The molecule has 0 aliphatic carbocycles. The predicted octanol–water partition coefficient (Wildman–Crippen LogP) is 1.65. The zero-order chi connectivity index (χ0) is 7.84. The second kappa shape index (κ2) is 2.47. The van der Waals surface area contributed by atoms with Crippen molar-refractivity contribution in [2.24, 2.45) is 0 Å². The Morgan fingerprint density at radius 2 is 2.36 bits per heavy atom. The third-order valence-electron chi connectivity index (χ3n) is 1.93. The van der Waals surface area contributed by atoms with Crippen molar-refractivity contribution in [1.82, 2.24) is 10.3 Å². The zero-order valence-electron chi connectivity index (χ0n) is 6.32. The fraction of sp³-hybridized carbons (Fsp3) is 0.375. The molecule has 0 saturated carbocycles. The number of hydrogen-bond donors (Lipinski definition) is 1. The Morgan fingerprint density at radius 3 is 3.18 bits per heavy atom. The number of nitrogens with one attached hydrogen (secondary N) is 1. The van der Waals surface area contributed by atoms with Gasteiger partial charge >= 0.3 is 0 Å². The summed E-state index contributed by atoms with van der Waals surface area (Å²) in [5.74, 6) is 0. The number of pyridine rings is 1. The minimum absolute atomic E-state index is 0.632. The minimum atomic E-state index is 0.632. The van der Waals surface area contributed by atoms with Crippen molar-refractivity contribution >= 4 is 11.6 Å². The van der Waals surface area contributed by atoms with E-state index in [2.05, 4.69) is 16.4 Å². The summed E-state index contributed by atoms with van der Waals surface area (Å²) in [5, 5.41) is 3.85. The van der Waals surface area contributed by atoms with E-state index < -0.39 is 0 Å². The minimum Gasteiger partial charge on any atom is -0.307 e. The van der Waals surface area contributed by atoms with Crippen LogP contribution in [0.5, 0.6) is 0 Å². The van der Waals surface area contributed by atoms with Crippen LogP contribution in [0, 0.1) is 6.92 Å². The number of aromatic nitrogens is 1. The molecule has 58 valence electrons. The van der Waals surface area contributed by atoms with E-state index in [1.807, 2.05) is 6.92 Å². The van der Waals surface area contributed by atoms with Crippen LogP contribution in [0.2, 0.25) is 5.15 Å². The van der Waals surface area contributed by atoms with Crippen LogP contribution >= 0.6 is 11.6 Å². The highest BCUT2D eigenvalue weighted by Crippen LogP contribution is 2.19. The number of fused-ring (bicyclic) bond motifs is 1. The molecule has 3 heteroatoms. The molecule has 2 heterocycles. The molecule has 0 aromatic carbocycles. The van der Waals surface area contributed by atoms with E-state index in [0.717, 1.165) is 24.3 Å². The van der Waals surface area contributed by atoms with Gasteiger partial charge in [0.2, 0.25) is 0 Å². The molecule has 0 fully saturated rings. The number of nitrogens with zero attached hydrogens (tertiary/aromatic N) is 1. The van der Waals surface area contributed by atoms with E-state index in [4.69, 9.17) is 11.6 Å². The van der Waals surface area contributed by atoms with Gasteiger partial charge in [0.1, 0.15) is 5.15 Å². The molecule has 1 aliphatic rings. The van der Waals surface area contributed by atoms with Crippen molar-refractivity contribution in [2.45, 2.75) is 20.0 Å². The Morgan fingerprint density at radius 1 is 1.55 bits per heavy atom. The summed E-state index contributed by atoms with van der Waals surface area (Å²) in [6.07, 6.45) is 0. The lowest BCUT2D eigenvalue weighted by Gasteiger charge is -2.00. The van der Waals surface area contributed by atoms with Crippen LogP contribution in [-0.4, -0.2) is 4.98 Å². The molecule has 0 bridgehead atoms. The van der Waals surface area contributed by atoms with Crippen LogP contribution in [0.25, 0.3) is 0 Å². The number of hydrogen-bond acceptors (Lipinski definition) is 2. The van der Waals surface area contributed by atoms with Gasteiger partial charge < -0.3 is 5.32 Å². The van der Waals surface area contributed by atoms with Crippen LogP contribution in [0.1, 0.15) is 16.8 Å². The molecule has 0 saturated heterocycles. The van der Waals surface area contributed by atoms with Crippen LogP contribution in [0.3, 0.4) is 0 Å². The molecule has 1 aromatic rings. The van der Waals surface area contributed by atoms with E-state index in [1.165, 1.54) is 5.56 Å². The quantitative estimate of drug-likeness (QED) is 0.596. The predicted molar refractivity (Wildman–Crippen MR) is 44.5 cm³/mol. The lowest BCUT2D eigenvalue weighted by molar-refractivity contribution is 0.757. The first-order valence-corrected chi connectivity index (χ1v) is 4.01. The van der Waals surface area contributed by atoms with Gasteiger partial charge in [0, 0.05) is 13.1 Å². The lowest BCUT2D eigenvalue weighted by atomic mass is 10.2. The highest BCUT2D eigenvalue weighted by Gasteiger charge is 2.12. The largest absolute Gasteiger partial charge is 0.307 e. The first-order valence-electron chi connectivity index (χ1n) is 3.63. The fourth-order valence-electron chi connectivity index (χ4n) is 1.30. The molecule has 2 rings (SSSR count). The van der Waals surface area contributed by atoms with Gasteiger partial charge in [0.15, 0.2) is 0 Å². The van der Waals surface area contributed by atoms with Gasteiger partial charge in [-0.2, -0.15) is 0 Å². The normalized spacial score (nSPS) is 15.1. The SMILES string of the molecule is Cc1cc2c(nc1Cl)CNC2. The molecule has 0 radical (unpaired) electrons. The third kappa shape index (κ3) is 1.12. The molecule has 0 spiro atoms. The van der Waals surface area contributed by atoms with E-state index >= 15 is 0 Å². The maximum absolute atomic E-state index is 5.85. The van der Waals surface area contributed by atoms with Crippen molar-refractivity contribution in [2.75, 3.05) is 0 Å². The number of aryl methyl sites for hydroxylation is 1. The smallest absolute Gasteiger partial charge is 0.132 e. The van der Waals surface area contributed by atoms with Gasteiger partial charge in [-0.05, 0) is 24.1 Å². The van der Waals surface area contributed by atoms with Crippen molar-refractivity contribution in [1.29, 1.82) is 0 Å². The highest BCUT2D eigenvalue weighted by molar-refractivity contribution is 6.30. The van der Waals surface area contributed by atoms with Gasteiger partial charge in [0.25, 0.3) is 0 Å². The second-order valence-electron chi connectivity index (χ2n) is 2.81. The van der Waals surface area contributed by atoms with Crippen molar-refractivity contribution in [3.63, 3.8) is 0 Å². The Balaban J connectivity index is 2.57. The van der Waals surface area contributed by atoms with Crippen molar-refractivity contribution in [3.8, 4) is 0 Å². The Kier molecular flexibility index (Phi) is 1.59. The monoisotopic (exact) mass is 168 g/mol. The summed E-state index contributed by atoms with van der Waals surface area (Å²) in [7, 11) is 0. The molecular formula is C8H9ClN2. The molecule has 0 unspecified atom stereocenters. The molecule has 0 amide bonds. The Labute approximate surface area is 70.6 Å². The Hall–Kier alpha value is -0.600. The molecule has 11 heavy (non-hydrogen) atoms. The highest BCUT2D eigenvalue weighted by atomic mass is 35.5. The molecule has 0 atom stereocenters. The van der Waals surface area contributed by atoms with E-state index in [-0.39, 0.29) is 0 Å². The standard InChI is InChI=1S/C8H9ClN2/c1-5-2-6-3-10-4-7(6)11-8(5)9/h2,10H,3-4H2,1H3. The van der Waals surface area contributed by atoms with E-state index in [0.29, 0.717) is 5.15 Å². The van der Waals surface area contributed by atoms with E-state index in [9.17, 15) is 0 Å². The molecular weight excluding hydrogens is 160 g/mol. The zero-order valence-corrected chi connectivity index (χ0v) is 7.07. The third-order valence-corrected chi connectivity index (χ3v) is 2.31. The molecule has 2 nitrogen and oxygen atoms in total. The molecule has 1 N–H and O–H groups in total. The summed E-state index contributed by atoms with van der Waals surface area (Å²) in [4.78, 5) is 4.26. The first-order chi connectivity index (χ1) is 5.27. The molecule has 1 aromatic heterocycles. The Bertz CT molecular complexity index is 267. The van der Waals surface area contributed by atoms with Crippen molar-refractivity contribution < 1.29 is 0 Å². The van der Waals surface area contributed by atoms with Crippen LogP contribution < -0.4 is 5.32 Å². The average molecular weight is 169 g/mol. The van der Waals surface area contributed by atoms with Gasteiger partial charge in [-0.15, -0.1) is 0 Å². The van der Waals surface area contributed by atoms with Gasteiger partial charge in [-0.25, -0.2) is 4.98 Å². The van der Waals surface area contributed by atoms with Crippen LogP contribution in [-0.2, 0) is 13.1 Å². The summed E-state index contributed by atoms with van der Waals surface area (Å²) < 4.78 is 0. The maximum Gasteiger partial charge on any atom is 0.132 e. The lowest BCUT2D eigenvalue weighted by Crippen LogP contribution is -2.00. The van der Waals surface area contributed by atoms with E-state index in [1.54, 1.807) is 0 Å². The number of halogens is 1. The van der Waals surface area contributed by atoms with Crippen LogP contribution in [0.15, 0.2) is 6.07 Å². The maximum atomic E-state index is 5.85. The van der Waals surface area contributed by atoms with Gasteiger partial charge in [0.05, 0.1) is 5.69 Å². The first kappa shape index (κ1) is 7.07. The van der Waals surface area contributed by atoms with Crippen LogP contribution in [0.4, 0.5) is 0 Å². The fourth-order valence-corrected chi connectivity index (χ4v) is 1.46. The average Bonchev–Trinajstić information content (AvgIpc) is 2.36. The number of rotatable bonds is 0. The summed E-state index contributed by atoms with van der Waals surface area (Å²) in [5.41, 5.74) is 3.45. The topological polar surface area (TPSA) is 24.9 Å².